The van der Waals surface area contributed by atoms with E-state index >= 15 is 0 Å². The van der Waals surface area contributed by atoms with Gasteiger partial charge in [0.15, 0.2) is 0 Å². The largest absolute Gasteiger partial charge is 0.368 e. The summed E-state index contributed by atoms with van der Waals surface area (Å²) >= 11 is 6.17. The summed E-state index contributed by atoms with van der Waals surface area (Å²) in [5.41, 5.74) is 3.16. The molecule has 0 fully saturated rings. The molecule has 2 N–H and O–H groups in total. The second-order valence-corrected chi connectivity index (χ2v) is 5.75. The molecule has 0 saturated carbocycles. The summed E-state index contributed by atoms with van der Waals surface area (Å²) in [5, 5.41) is 5.44. The Kier molecular flexibility index (Phi) is 4.93. The maximum absolute atomic E-state index is 12.0. The van der Waals surface area contributed by atoms with Crippen molar-refractivity contribution >= 4 is 23.3 Å². The van der Waals surface area contributed by atoms with Crippen molar-refractivity contribution in [1.29, 1.82) is 0 Å². The number of hydrogen-bond acceptors (Lipinski definition) is 3. The fourth-order valence-electron chi connectivity index (χ4n) is 2.52. The Morgan fingerprint density at radius 3 is 2.65 bits per heavy atom. The number of hydrogen-bond donors (Lipinski definition) is 2. The molecular weight excluding hydrogens is 310 g/mol. The van der Waals surface area contributed by atoms with E-state index in [0.717, 1.165) is 17.0 Å². The van der Waals surface area contributed by atoms with E-state index in [1.807, 2.05) is 42.5 Å². The van der Waals surface area contributed by atoms with Crippen molar-refractivity contribution in [3.05, 3.63) is 71.3 Å². The van der Waals surface area contributed by atoms with Crippen molar-refractivity contribution in [1.82, 2.24) is 10.6 Å². The first-order valence-corrected chi connectivity index (χ1v) is 8.02. The number of fused-ring (bicyclic) bond motifs is 1. The average molecular weight is 328 g/mol. The SMILES string of the molecule is O=C(NCCNC1=NCc2ccccc21)C(Cl)c1ccccc1. The van der Waals surface area contributed by atoms with Gasteiger partial charge in [-0.2, -0.15) is 0 Å². The average Bonchev–Trinajstić information content (AvgIpc) is 3.02. The Hall–Kier alpha value is -2.33. The van der Waals surface area contributed by atoms with Gasteiger partial charge in [0.2, 0.25) is 5.91 Å². The highest BCUT2D eigenvalue weighted by Crippen LogP contribution is 2.19. The van der Waals surface area contributed by atoms with Crippen LogP contribution in [0.25, 0.3) is 0 Å². The van der Waals surface area contributed by atoms with E-state index in [2.05, 4.69) is 27.8 Å². The summed E-state index contributed by atoms with van der Waals surface area (Å²) in [4.78, 5) is 16.5. The van der Waals surface area contributed by atoms with Gasteiger partial charge in [0, 0.05) is 18.7 Å². The molecule has 2 aromatic rings. The summed E-state index contributed by atoms with van der Waals surface area (Å²) < 4.78 is 0. The fourth-order valence-corrected chi connectivity index (χ4v) is 2.74. The number of carbonyl (C=O) groups is 1. The Labute approximate surface area is 140 Å². The van der Waals surface area contributed by atoms with Gasteiger partial charge in [-0.1, -0.05) is 54.6 Å². The molecule has 0 aliphatic carbocycles. The van der Waals surface area contributed by atoms with E-state index in [1.165, 1.54) is 5.56 Å². The zero-order valence-corrected chi connectivity index (χ0v) is 13.4. The van der Waals surface area contributed by atoms with E-state index < -0.39 is 5.38 Å². The minimum atomic E-state index is -0.666. The summed E-state index contributed by atoms with van der Waals surface area (Å²) in [6, 6.07) is 17.5. The molecule has 0 saturated heterocycles. The number of aliphatic imine (C=N–C) groups is 1. The molecule has 5 heteroatoms. The smallest absolute Gasteiger partial charge is 0.242 e. The summed E-state index contributed by atoms with van der Waals surface area (Å²) in [7, 11) is 0. The second kappa shape index (κ2) is 7.29. The maximum Gasteiger partial charge on any atom is 0.242 e. The highest BCUT2D eigenvalue weighted by Gasteiger charge is 2.17. The number of benzene rings is 2. The van der Waals surface area contributed by atoms with Crippen molar-refractivity contribution in [3.63, 3.8) is 0 Å². The van der Waals surface area contributed by atoms with Gasteiger partial charge in [0.1, 0.15) is 11.2 Å². The Balaban J connectivity index is 1.45. The van der Waals surface area contributed by atoms with Crippen LogP contribution in [0.2, 0.25) is 0 Å². The van der Waals surface area contributed by atoms with Gasteiger partial charge in [-0.25, -0.2) is 0 Å². The maximum atomic E-state index is 12.0. The quantitative estimate of drug-likeness (QED) is 0.655. The van der Waals surface area contributed by atoms with Crippen LogP contribution in [0.1, 0.15) is 22.1 Å². The lowest BCUT2D eigenvalue weighted by molar-refractivity contribution is -0.120. The molecule has 1 amide bonds. The molecule has 1 heterocycles. The Morgan fingerprint density at radius 1 is 1.09 bits per heavy atom. The third-order valence-corrected chi connectivity index (χ3v) is 4.17. The van der Waals surface area contributed by atoms with Crippen LogP contribution in [0.4, 0.5) is 0 Å². The molecule has 1 aliphatic heterocycles. The number of halogens is 1. The number of amides is 1. The van der Waals surface area contributed by atoms with Crippen molar-refractivity contribution < 1.29 is 4.79 Å². The van der Waals surface area contributed by atoms with Gasteiger partial charge < -0.3 is 10.6 Å². The van der Waals surface area contributed by atoms with Crippen LogP contribution >= 0.6 is 11.6 Å². The number of alkyl halides is 1. The summed E-state index contributed by atoms with van der Waals surface area (Å²) in [6.45, 7) is 1.82. The highest BCUT2D eigenvalue weighted by atomic mass is 35.5. The van der Waals surface area contributed by atoms with E-state index in [4.69, 9.17) is 11.6 Å². The molecule has 2 aromatic carbocycles. The fraction of sp³-hybridized carbons (Fsp3) is 0.222. The molecule has 0 spiro atoms. The second-order valence-electron chi connectivity index (χ2n) is 5.31. The molecule has 0 bridgehead atoms. The predicted molar refractivity (Wildman–Crippen MR) is 92.7 cm³/mol. The third kappa shape index (κ3) is 3.71. The monoisotopic (exact) mass is 327 g/mol. The zero-order chi connectivity index (χ0) is 16.1. The molecular formula is C18H18ClN3O. The van der Waals surface area contributed by atoms with E-state index in [0.29, 0.717) is 19.6 Å². The number of nitrogens with zero attached hydrogens (tertiary/aromatic N) is 1. The molecule has 1 aliphatic rings. The van der Waals surface area contributed by atoms with Crippen LogP contribution in [0, 0.1) is 0 Å². The lowest BCUT2D eigenvalue weighted by atomic mass is 10.1. The van der Waals surface area contributed by atoms with Crippen molar-refractivity contribution in [2.45, 2.75) is 11.9 Å². The first-order valence-electron chi connectivity index (χ1n) is 7.59. The normalized spacial score (nSPS) is 13.9. The summed E-state index contributed by atoms with van der Waals surface area (Å²) in [6.07, 6.45) is 0. The lowest BCUT2D eigenvalue weighted by Crippen LogP contribution is -2.36. The van der Waals surface area contributed by atoms with Crippen molar-refractivity contribution in [2.75, 3.05) is 13.1 Å². The lowest BCUT2D eigenvalue weighted by Gasteiger charge is -2.12. The molecule has 4 nitrogen and oxygen atoms in total. The minimum absolute atomic E-state index is 0.187. The van der Waals surface area contributed by atoms with Crippen LogP contribution in [-0.4, -0.2) is 24.8 Å². The number of nitrogens with one attached hydrogen (secondary N) is 2. The predicted octanol–water partition coefficient (Wildman–Crippen LogP) is 2.63. The van der Waals surface area contributed by atoms with Gasteiger partial charge in [-0.05, 0) is 11.1 Å². The van der Waals surface area contributed by atoms with E-state index in [9.17, 15) is 4.79 Å². The number of carbonyl (C=O) groups excluding carboxylic acids is 1. The molecule has 0 aromatic heterocycles. The number of amidine groups is 1. The molecule has 1 atom stereocenters. The molecule has 0 radical (unpaired) electrons. The van der Waals surface area contributed by atoms with Crippen LogP contribution in [0.3, 0.4) is 0 Å². The highest BCUT2D eigenvalue weighted by molar-refractivity contribution is 6.30. The van der Waals surface area contributed by atoms with Gasteiger partial charge >= 0.3 is 0 Å². The van der Waals surface area contributed by atoms with E-state index in [1.54, 1.807) is 0 Å². The molecule has 3 rings (SSSR count). The Bertz CT molecular complexity index is 715. The number of rotatable bonds is 5. The molecule has 118 valence electrons. The zero-order valence-electron chi connectivity index (χ0n) is 12.6. The van der Waals surface area contributed by atoms with Crippen LogP contribution in [-0.2, 0) is 11.3 Å². The van der Waals surface area contributed by atoms with Crippen LogP contribution in [0.15, 0.2) is 59.6 Å². The summed E-state index contributed by atoms with van der Waals surface area (Å²) in [5.74, 6) is 0.703. The van der Waals surface area contributed by atoms with Gasteiger partial charge in [-0.3, -0.25) is 9.79 Å². The minimum Gasteiger partial charge on any atom is -0.368 e. The first-order chi connectivity index (χ1) is 11.3. The molecule has 23 heavy (non-hydrogen) atoms. The van der Waals surface area contributed by atoms with Crippen molar-refractivity contribution in [2.24, 2.45) is 4.99 Å². The molecule has 1 unspecified atom stereocenters. The standard InChI is InChI=1S/C18H18ClN3O/c19-16(13-6-2-1-3-7-13)18(23)21-11-10-20-17-15-9-5-4-8-14(15)12-22-17/h1-9,16H,10-12H2,(H,20,22)(H,21,23). The van der Waals surface area contributed by atoms with Gasteiger partial charge in [0.25, 0.3) is 0 Å². The van der Waals surface area contributed by atoms with Crippen molar-refractivity contribution in [3.8, 4) is 0 Å². The van der Waals surface area contributed by atoms with Gasteiger partial charge in [0.05, 0.1) is 6.54 Å². The topological polar surface area (TPSA) is 53.5 Å². The third-order valence-electron chi connectivity index (χ3n) is 3.72. The first kappa shape index (κ1) is 15.6. The van der Waals surface area contributed by atoms with Crippen LogP contribution < -0.4 is 10.6 Å². The van der Waals surface area contributed by atoms with E-state index in [-0.39, 0.29) is 5.91 Å². The van der Waals surface area contributed by atoms with Crippen LogP contribution in [0.5, 0.6) is 0 Å². The Morgan fingerprint density at radius 2 is 1.83 bits per heavy atom. The van der Waals surface area contributed by atoms with Gasteiger partial charge in [-0.15, -0.1) is 11.6 Å².